The highest BCUT2D eigenvalue weighted by Gasteiger charge is 2.25. The van der Waals surface area contributed by atoms with Crippen molar-refractivity contribution in [3.63, 3.8) is 0 Å². The van der Waals surface area contributed by atoms with Gasteiger partial charge in [0.2, 0.25) is 0 Å². The largest absolute Gasteiger partial charge is 0.490 e. The van der Waals surface area contributed by atoms with Crippen LogP contribution in [0.5, 0.6) is 5.75 Å². The third kappa shape index (κ3) is 3.78. The molecule has 0 unspecified atom stereocenters. The Morgan fingerprint density at radius 2 is 2.07 bits per heavy atom. The zero-order valence-corrected chi connectivity index (χ0v) is 15.4. The van der Waals surface area contributed by atoms with Crippen molar-refractivity contribution in [1.29, 1.82) is 0 Å². The Labute approximate surface area is 161 Å². The van der Waals surface area contributed by atoms with E-state index in [2.05, 4.69) is 25.0 Å². The maximum Gasteiger partial charge on any atom is 0.267 e. The highest BCUT2D eigenvalue weighted by Crippen LogP contribution is 2.30. The number of ether oxygens (including phenoxy) is 1. The van der Waals surface area contributed by atoms with Gasteiger partial charge in [0.05, 0.1) is 5.56 Å². The van der Waals surface area contributed by atoms with Gasteiger partial charge in [0.1, 0.15) is 23.4 Å². The van der Waals surface area contributed by atoms with Gasteiger partial charge in [-0.25, -0.2) is 4.98 Å². The second kappa shape index (κ2) is 7.63. The van der Waals surface area contributed by atoms with Gasteiger partial charge >= 0.3 is 0 Å². The average Bonchev–Trinajstić information content (AvgIpc) is 3.15. The van der Waals surface area contributed by atoms with E-state index in [4.69, 9.17) is 15.0 Å². The zero-order valence-electron chi connectivity index (χ0n) is 15.4. The fourth-order valence-corrected chi connectivity index (χ4v) is 3.22. The number of carbonyl (C=O) groups is 1. The highest BCUT2D eigenvalue weighted by atomic mass is 16.5. The summed E-state index contributed by atoms with van der Waals surface area (Å²) >= 11 is 0. The smallest absolute Gasteiger partial charge is 0.267 e. The minimum Gasteiger partial charge on any atom is -0.490 e. The summed E-state index contributed by atoms with van der Waals surface area (Å²) in [6.45, 7) is 3.33. The summed E-state index contributed by atoms with van der Waals surface area (Å²) in [5.74, 6) is 1.91. The maximum atomic E-state index is 11.3. The molecule has 0 aliphatic carbocycles. The highest BCUT2D eigenvalue weighted by molar-refractivity contribution is 5.91. The first-order valence-corrected chi connectivity index (χ1v) is 9.03. The van der Waals surface area contributed by atoms with Crippen LogP contribution in [0.1, 0.15) is 29.2 Å². The zero-order chi connectivity index (χ0) is 19.5. The number of nitrogens with zero attached hydrogens (tertiary/aromatic N) is 5. The number of pyridine rings is 2. The fraction of sp³-hybridized carbons (Fsp3) is 0.316. The summed E-state index contributed by atoms with van der Waals surface area (Å²) in [7, 11) is 0. The molecule has 9 heteroatoms. The van der Waals surface area contributed by atoms with Gasteiger partial charge in [0.15, 0.2) is 5.82 Å². The first kappa shape index (κ1) is 17.9. The van der Waals surface area contributed by atoms with Crippen LogP contribution >= 0.6 is 0 Å². The van der Waals surface area contributed by atoms with E-state index >= 15 is 0 Å². The van der Waals surface area contributed by atoms with Crippen LogP contribution in [0.15, 0.2) is 41.2 Å². The van der Waals surface area contributed by atoms with Crippen molar-refractivity contribution in [3.05, 3.63) is 48.2 Å². The van der Waals surface area contributed by atoms with Gasteiger partial charge in [-0.15, -0.1) is 0 Å². The molecule has 9 nitrogen and oxygen atoms in total. The Hall–Kier alpha value is -3.49. The van der Waals surface area contributed by atoms with Crippen LogP contribution < -0.4 is 15.4 Å². The summed E-state index contributed by atoms with van der Waals surface area (Å²) in [6.07, 6.45) is 4.95. The summed E-state index contributed by atoms with van der Waals surface area (Å²) < 4.78 is 11.3. The van der Waals surface area contributed by atoms with E-state index in [9.17, 15) is 4.79 Å². The molecule has 0 spiro atoms. The molecule has 4 heterocycles. The van der Waals surface area contributed by atoms with Crippen molar-refractivity contribution in [2.24, 2.45) is 5.73 Å². The number of rotatable bonds is 5. The molecular formula is C19H20N6O3. The van der Waals surface area contributed by atoms with E-state index in [1.165, 1.54) is 6.20 Å². The summed E-state index contributed by atoms with van der Waals surface area (Å²) in [5, 5.41) is 3.87. The Morgan fingerprint density at radius 3 is 2.79 bits per heavy atom. The number of nitrogens with two attached hydrogens (primary N) is 1. The number of aromatic nitrogens is 4. The predicted octanol–water partition coefficient (Wildman–Crippen LogP) is 1.98. The van der Waals surface area contributed by atoms with Crippen LogP contribution in [0.3, 0.4) is 0 Å². The second-order valence-corrected chi connectivity index (χ2v) is 6.57. The molecule has 0 atom stereocenters. The molecule has 1 saturated heterocycles. The molecule has 2 N–H and O–H groups in total. The van der Waals surface area contributed by atoms with Gasteiger partial charge in [-0.1, -0.05) is 5.16 Å². The normalized spacial score (nSPS) is 14.8. The predicted molar refractivity (Wildman–Crippen MR) is 101 cm³/mol. The molecule has 1 fully saturated rings. The van der Waals surface area contributed by atoms with Crippen molar-refractivity contribution < 1.29 is 14.1 Å². The lowest BCUT2D eigenvalue weighted by atomic mass is 10.1. The first-order valence-electron chi connectivity index (χ1n) is 9.03. The van der Waals surface area contributed by atoms with Gasteiger partial charge in [-0.3, -0.25) is 9.78 Å². The van der Waals surface area contributed by atoms with Crippen LogP contribution in [-0.4, -0.2) is 45.2 Å². The van der Waals surface area contributed by atoms with E-state index in [0.29, 0.717) is 17.5 Å². The lowest BCUT2D eigenvalue weighted by Crippen LogP contribution is -2.39. The monoisotopic (exact) mass is 380 g/mol. The van der Waals surface area contributed by atoms with Crippen LogP contribution in [-0.2, 0) is 0 Å². The van der Waals surface area contributed by atoms with E-state index in [-0.39, 0.29) is 11.8 Å². The molecule has 0 bridgehead atoms. The van der Waals surface area contributed by atoms with Crippen LogP contribution in [0.2, 0.25) is 0 Å². The summed E-state index contributed by atoms with van der Waals surface area (Å²) in [6, 6.07) is 7.09. The van der Waals surface area contributed by atoms with Crippen LogP contribution in [0, 0.1) is 6.92 Å². The standard InChI is InChI=1S/C19H20N6O3/c1-12-23-19(28-24-12)15-3-2-7-22-18(15)25-9-5-13(6-10-25)27-14-4-8-21-16(11-14)17(20)26/h2-4,7-8,11,13H,5-6,9-10H2,1H3,(H2,20,26). The van der Waals surface area contributed by atoms with Gasteiger partial charge in [0, 0.05) is 44.4 Å². The molecule has 28 heavy (non-hydrogen) atoms. The number of amides is 1. The number of aryl methyl sites for hydroxylation is 1. The number of piperidine rings is 1. The van der Waals surface area contributed by atoms with Gasteiger partial charge in [-0.05, 0) is 25.1 Å². The molecule has 4 rings (SSSR count). The van der Waals surface area contributed by atoms with Crippen LogP contribution in [0.25, 0.3) is 11.5 Å². The van der Waals surface area contributed by atoms with Crippen molar-refractivity contribution in [2.45, 2.75) is 25.9 Å². The fourth-order valence-electron chi connectivity index (χ4n) is 3.22. The summed E-state index contributed by atoms with van der Waals surface area (Å²) in [4.78, 5) is 26.2. The Bertz CT molecular complexity index is 981. The Morgan fingerprint density at radius 1 is 1.25 bits per heavy atom. The third-order valence-corrected chi connectivity index (χ3v) is 4.57. The van der Waals surface area contributed by atoms with Crippen molar-refractivity contribution >= 4 is 11.7 Å². The molecule has 0 aromatic carbocycles. The number of anilines is 1. The van der Waals surface area contributed by atoms with Crippen molar-refractivity contribution in [1.82, 2.24) is 20.1 Å². The average molecular weight is 380 g/mol. The molecule has 0 radical (unpaired) electrons. The molecule has 3 aromatic rings. The molecule has 1 amide bonds. The van der Waals surface area contributed by atoms with E-state index < -0.39 is 5.91 Å². The number of hydrogen-bond acceptors (Lipinski definition) is 8. The molecule has 3 aromatic heterocycles. The van der Waals surface area contributed by atoms with Gasteiger partial charge in [0.25, 0.3) is 11.8 Å². The quantitative estimate of drug-likeness (QED) is 0.713. The molecular weight excluding hydrogens is 360 g/mol. The number of hydrogen-bond donors (Lipinski definition) is 1. The molecule has 0 saturated carbocycles. The Kier molecular flexibility index (Phi) is 4.88. The minimum atomic E-state index is -0.570. The van der Waals surface area contributed by atoms with Gasteiger partial charge in [-0.2, -0.15) is 4.98 Å². The lowest BCUT2D eigenvalue weighted by Gasteiger charge is -2.33. The van der Waals surface area contributed by atoms with E-state index in [1.807, 2.05) is 12.1 Å². The first-order chi connectivity index (χ1) is 13.6. The van der Waals surface area contributed by atoms with Gasteiger partial charge < -0.3 is 19.9 Å². The molecule has 144 valence electrons. The number of primary amides is 1. The van der Waals surface area contributed by atoms with Crippen LogP contribution in [0.4, 0.5) is 5.82 Å². The SMILES string of the molecule is Cc1noc(-c2cccnc2N2CCC(Oc3ccnc(C(N)=O)c3)CC2)n1. The molecule has 1 aliphatic heterocycles. The van der Waals surface area contributed by atoms with E-state index in [0.717, 1.165) is 37.3 Å². The topological polar surface area (TPSA) is 120 Å². The number of carbonyl (C=O) groups excluding carboxylic acids is 1. The Balaban J connectivity index is 1.44. The second-order valence-electron chi connectivity index (χ2n) is 6.57. The third-order valence-electron chi connectivity index (χ3n) is 4.57. The van der Waals surface area contributed by atoms with Crippen molar-refractivity contribution in [3.8, 4) is 17.2 Å². The maximum absolute atomic E-state index is 11.3. The summed E-state index contributed by atoms with van der Waals surface area (Å²) in [5.41, 5.74) is 6.29. The minimum absolute atomic E-state index is 0.0391. The van der Waals surface area contributed by atoms with Crippen molar-refractivity contribution in [2.75, 3.05) is 18.0 Å². The van der Waals surface area contributed by atoms with E-state index in [1.54, 1.807) is 25.3 Å². The lowest BCUT2D eigenvalue weighted by molar-refractivity contribution is 0.0994. The molecule has 1 aliphatic rings.